The Hall–Kier alpha value is -3.03. The minimum atomic E-state index is -0.228. The Morgan fingerprint density at radius 1 is 1.25 bits per heavy atom. The van der Waals surface area contributed by atoms with Gasteiger partial charge in [-0.2, -0.15) is 0 Å². The number of hydrogen-bond acceptors (Lipinski definition) is 7. The van der Waals surface area contributed by atoms with Gasteiger partial charge in [0.25, 0.3) is 0 Å². The second kappa shape index (κ2) is 8.84. The van der Waals surface area contributed by atoms with Crippen molar-refractivity contribution in [3.8, 4) is 5.75 Å². The van der Waals surface area contributed by atoms with Crippen LogP contribution < -0.4 is 15.0 Å². The van der Waals surface area contributed by atoms with Gasteiger partial charge in [0.2, 0.25) is 5.91 Å². The zero-order valence-corrected chi connectivity index (χ0v) is 19.4. The van der Waals surface area contributed by atoms with Gasteiger partial charge in [-0.25, -0.2) is 15.0 Å². The van der Waals surface area contributed by atoms with E-state index in [2.05, 4.69) is 15.3 Å². The highest BCUT2D eigenvalue weighted by Gasteiger charge is 2.36. The lowest BCUT2D eigenvalue weighted by Crippen LogP contribution is -2.49. The molecule has 170 valence electrons. The van der Waals surface area contributed by atoms with Gasteiger partial charge >= 0.3 is 0 Å². The number of amides is 1. The largest absolute Gasteiger partial charge is 0.492 e. The van der Waals surface area contributed by atoms with Gasteiger partial charge in [0.15, 0.2) is 11.6 Å². The Bertz CT molecular complexity index is 1020. The van der Waals surface area contributed by atoms with Crippen molar-refractivity contribution in [2.75, 3.05) is 23.9 Å². The molecule has 0 saturated heterocycles. The summed E-state index contributed by atoms with van der Waals surface area (Å²) < 4.78 is 5.84. The van der Waals surface area contributed by atoms with E-state index in [1.165, 1.54) is 6.92 Å². The van der Waals surface area contributed by atoms with Crippen LogP contribution in [0.2, 0.25) is 0 Å². The molecule has 1 N–H and O–H groups in total. The average Bonchev–Trinajstić information content (AvgIpc) is 2.70. The molecule has 0 spiro atoms. The molecular formula is C24H31N5O3. The molecule has 1 aliphatic heterocycles. The summed E-state index contributed by atoms with van der Waals surface area (Å²) in [5.41, 5.74) is 1.99. The van der Waals surface area contributed by atoms with Gasteiger partial charge in [0, 0.05) is 20.4 Å². The van der Waals surface area contributed by atoms with Crippen molar-refractivity contribution in [3.63, 3.8) is 0 Å². The number of pyridine rings is 1. The smallest absolute Gasteiger partial charge is 0.247 e. The minimum absolute atomic E-state index is 0.00224. The highest BCUT2D eigenvalue weighted by Crippen LogP contribution is 2.38. The molecule has 2 aromatic rings. The summed E-state index contributed by atoms with van der Waals surface area (Å²) in [4.78, 5) is 39.4. The van der Waals surface area contributed by atoms with Crippen molar-refractivity contribution in [2.24, 2.45) is 17.8 Å². The Balaban J connectivity index is 1.33. The number of Topliss-reactive ketones (excluding diaryl/α,β-unsaturated/α-hetero) is 1. The molecule has 0 unspecified atom stereocenters. The van der Waals surface area contributed by atoms with E-state index in [0.29, 0.717) is 29.9 Å². The zero-order valence-electron chi connectivity index (χ0n) is 19.4. The topological polar surface area (TPSA) is 97.3 Å². The number of aryl methyl sites for hydroxylation is 1. The summed E-state index contributed by atoms with van der Waals surface area (Å²) in [5.74, 6) is 3.51. The number of rotatable bonds is 7. The summed E-state index contributed by atoms with van der Waals surface area (Å²) in [6.07, 6.45) is 4.57. The van der Waals surface area contributed by atoms with E-state index in [1.54, 1.807) is 18.3 Å². The number of ketones is 1. The van der Waals surface area contributed by atoms with Crippen molar-refractivity contribution < 1.29 is 14.3 Å². The van der Waals surface area contributed by atoms with Crippen molar-refractivity contribution >= 4 is 23.2 Å². The maximum absolute atomic E-state index is 12.5. The van der Waals surface area contributed by atoms with Crippen LogP contribution in [0, 0.1) is 24.7 Å². The standard InChI is InChI=1S/C24H31N5O3/c1-13(2)22-24(31)28-21-14(3)26-20(27-23(21)29(22)5)10-16-8-17(9-16)12-32-18-6-7-19(15(4)30)25-11-18/h6-7,11,13,16-17,22H,8-10,12H2,1-5H3,(H,28,31)/t16?,17?,22-/m0/s1. The van der Waals surface area contributed by atoms with E-state index < -0.39 is 0 Å². The van der Waals surface area contributed by atoms with Gasteiger partial charge in [-0.1, -0.05) is 13.8 Å². The number of likely N-dealkylation sites (N-methyl/N-ethyl adjacent to an activating group) is 1. The average molecular weight is 438 g/mol. The molecule has 2 aromatic heterocycles. The third-order valence-electron chi connectivity index (χ3n) is 6.40. The quantitative estimate of drug-likeness (QED) is 0.663. The van der Waals surface area contributed by atoms with E-state index in [4.69, 9.17) is 9.72 Å². The number of carbonyl (C=O) groups excluding carboxylic acids is 2. The molecule has 1 atom stereocenters. The van der Waals surface area contributed by atoms with Crippen molar-refractivity contribution in [3.05, 3.63) is 35.5 Å². The summed E-state index contributed by atoms with van der Waals surface area (Å²) in [7, 11) is 1.94. The number of aromatic nitrogens is 3. The van der Waals surface area contributed by atoms with Crippen LogP contribution in [0.5, 0.6) is 5.75 Å². The number of anilines is 2. The van der Waals surface area contributed by atoms with Crippen LogP contribution in [-0.2, 0) is 11.2 Å². The molecule has 1 aliphatic carbocycles. The fourth-order valence-electron chi connectivity index (χ4n) is 4.68. The van der Waals surface area contributed by atoms with Crippen LogP contribution in [0.4, 0.5) is 11.5 Å². The number of ether oxygens (including phenoxy) is 1. The molecule has 1 fully saturated rings. The lowest BCUT2D eigenvalue weighted by molar-refractivity contribution is -0.118. The fourth-order valence-corrected chi connectivity index (χ4v) is 4.68. The van der Waals surface area contributed by atoms with Crippen LogP contribution in [0.3, 0.4) is 0 Å². The summed E-state index contributed by atoms with van der Waals surface area (Å²) in [5, 5.41) is 3.00. The molecule has 32 heavy (non-hydrogen) atoms. The molecule has 0 aromatic carbocycles. The lowest BCUT2D eigenvalue weighted by Gasteiger charge is -2.38. The molecule has 0 bridgehead atoms. The first-order valence-corrected chi connectivity index (χ1v) is 11.2. The van der Waals surface area contributed by atoms with Gasteiger partial charge in [0.05, 0.1) is 18.5 Å². The number of hydrogen-bond donors (Lipinski definition) is 1. The summed E-state index contributed by atoms with van der Waals surface area (Å²) >= 11 is 0. The molecule has 0 radical (unpaired) electrons. The van der Waals surface area contributed by atoms with E-state index in [-0.39, 0.29) is 23.7 Å². The third kappa shape index (κ3) is 4.45. The first-order chi connectivity index (χ1) is 15.2. The highest BCUT2D eigenvalue weighted by atomic mass is 16.5. The second-order valence-corrected chi connectivity index (χ2v) is 9.37. The minimum Gasteiger partial charge on any atom is -0.492 e. The van der Waals surface area contributed by atoms with Crippen LogP contribution in [-0.4, -0.2) is 46.3 Å². The predicted molar refractivity (Wildman–Crippen MR) is 122 cm³/mol. The van der Waals surface area contributed by atoms with Crippen LogP contribution in [0.1, 0.15) is 55.6 Å². The number of fused-ring (bicyclic) bond motifs is 1. The van der Waals surface area contributed by atoms with E-state index >= 15 is 0 Å². The van der Waals surface area contributed by atoms with Gasteiger partial charge < -0.3 is 15.0 Å². The first-order valence-electron chi connectivity index (χ1n) is 11.2. The van der Waals surface area contributed by atoms with Crippen molar-refractivity contribution in [1.29, 1.82) is 0 Å². The molecule has 4 rings (SSSR count). The molecule has 8 nitrogen and oxygen atoms in total. The molecule has 2 aliphatic rings. The Morgan fingerprint density at radius 2 is 2.00 bits per heavy atom. The van der Waals surface area contributed by atoms with Crippen LogP contribution in [0.15, 0.2) is 18.3 Å². The third-order valence-corrected chi connectivity index (χ3v) is 6.40. The van der Waals surface area contributed by atoms with Crippen molar-refractivity contribution in [2.45, 2.75) is 53.0 Å². The summed E-state index contributed by atoms with van der Waals surface area (Å²) in [6.45, 7) is 8.17. The normalized spacial score (nSPS) is 22.2. The van der Waals surface area contributed by atoms with Crippen LogP contribution >= 0.6 is 0 Å². The summed E-state index contributed by atoms with van der Waals surface area (Å²) in [6, 6.07) is 3.26. The molecule has 1 saturated carbocycles. The van der Waals surface area contributed by atoms with E-state index in [9.17, 15) is 9.59 Å². The number of nitrogens with one attached hydrogen (secondary N) is 1. The second-order valence-electron chi connectivity index (χ2n) is 9.37. The Morgan fingerprint density at radius 3 is 2.62 bits per heavy atom. The SMILES string of the molecule is CC(=O)c1ccc(OCC2CC(Cc3nc(C)c4c(n3)N(C)[C@@H](C(C)C)C(=O)N4)C2)cn1. The predicted octanol–water partition coefficient (Wildman–Crippen LogP) is 3.44. The molecule has 8 heteroatoms. The number of carbonyl (C=O) groups is 2. The Labute approximate surface area is 188 Å². The van der Waals surface area contributed by atoms with Gasteiger partial charge in [-0.15, -0.1) is 0 Å². The monoisotopic (exact) mass is 437 g/mol. The van der Waals surface area contributed by atoms with Gasteiger partial charge in [-0.05, 0) is 49.7 Å². The maximum atomic E-state index is 12.5. The zero-order chi connectivity index (χ0) is 23.0. The van der Waals surface area contributed by atoms with Gasteiger partial charge in [0.1, 0.15) is 29.0 Å². The van der Waals surface area contributed by atoms with Gasteiger partial charge in [-0.3, -0.25) is 9.59 Å². The van der Waals surface area contributed by atoms with E-state index in [0.717, 1.165) is 42.3 Å². The van der Waals surface area contributed by atoms with Crippen molar-refractivity contribution in [1.82, 2.24) is 15.0 Å². The molecular weight excluding hydrogens is 406 g/mol. The lowest BCUT2D eigenvalue weighted by atomic mass is 9.73. The van der Waals surface area contributed by atoms with Crippen LogP contribution in [0.25, 0.3) is 0 Å². The fraction of sp³-hybridized carbons (Fsp3) is 0.542. The Kier molecular flexibility index (Phi) is 6.13. The van der Waals surface area contributed by atoms with E-state index in [1.807, 2.05) is 32.7 Å². The maximum Gasteiger partial charge on any atom is 0.247 e. The molecule has 1 amide bonds. The number of nitrogens with zero attached hydrogens (tertiary/aromatic N) is 4. The molecule has 3 heterocycles. The highest BCUT2D eigenvalue weighted by molar-refractivity contribution is 6.03. The first kappa shape index (κ1) is 22.2.